The summed E-state index contributed by atoms with van der Waals surface area (Å²) in [5.41, 5.74) is 75.3. The molecule has 38 atom stereocenters. The largest absolute Gasteiger partial charge is 0.389 e. The Morgan fingerprint density at radius 3 is 0.898 bits per heavy atom. The molecule has 2 aliphatic carbocycles. The maximum atomic E-state index is 12.0. The molecule has 0 bridgehead atoms. The number of aliphatic hydroxyl groups is 12. The normalized spacial score (nSPS) is 48.0. The molecular weight excluding hydrogens is 1310 g/mol. The van der Waals surface area contributed by atoms with Crippen LogP contribution in [0.25, 0.3) is 0 Å². The molecule has 36 N–H and O–H groups in total. The van der Waals surface area contributed by atoms with Crippen molar-refractivity contribution in [2.45, 2.75) is 297 Å². The lowest BCUT2D eigenvalue weighted by Gasteiger charge is -2.47. The first-order valence-corrected chi connectivity index (χ1v) is 33.3. The molecule has 2 aromatic rings. The van der Waals surface area contributed by atoms with E-state index in [1.54, 1.807) is 12.4 Å². The number of nitrogens with two attached hydrogens (primary N) is 12. The van der Waals surface area contributed by atoms with Gasteiger partial charge in [-0.05, 0) is 38.5 Å². The van der Waals surface area contributed by atoms with E-state index in [1.807, 2.05) is 0 Å². The van der Waals surface area contributed by atoms with E-state index in [0.29, 0.717) is 37.1 Å². The van der Waals surface area contributed by atoms with E-state index in [-0.39, 0.29) is 52.1 Å². The van der Waals surface area contributed by atoms with Gasteiger partial charge < -0.3 is 187 Å². The molecule has 2 aromatic heterocycles. The fourth-order valence-electron chi connectivity index (χ4n) is 13.9. The first-order chi connectivity index (χ1) is 46.7. The Bertz CT molecular complexity index is 2590. The lowest BCUT2D eigenvalue weighted by molar-refractivity contribution is -0.306. The highest BCUT2D eigenvalue weighted by atomic mass is 16.8. The molecule has 0 amide bonds. The Hall–Kier alpha value is -3.16. The predicted octanol–water partition coefficient (Wildman–Crippen LogP) is -15.5. The van der Waals surface area contributed by atoms with E-state index >= 15 is 0 Å². The molecule has 562 valence electrons. The monoisotopic (exact) mass is 1410 g/mol. The third-order valence-electron chi connectivity index (χ3n) is 19.9. The highest BCUT2D eigenvalue weighted by molar-refractivity contribution is 5.06. The third-order valence-corrected chi connectivity index (χ3v) is 19.9. The van der Waals surface area contributed by atoms with Crippen LogP contribution in [0.3, 0.4) is 0 Å². The Labute approximate surface area is 562 Å². The number of aliphatic hydroxyl groups excluding tert-OH is 12. The van der Waals surface area contributed by atoms with Crippen molar-refractivity contribution in [1.29, 1.82) is 0 Å². The molecular formula is C56H104N18O24. The molecule has 20 unspecified atom stereocenters. The summed E-state index contributed by atoms with van der Waals surface area (Å²) in [6.45, 7) is -1.09. The van der Waals surface area contributed by atoms with Crippen LogP contribution >= 0.6 is 0 Å². The Kier molecular flexibility index (Phi) is 26.7. The Balaban J connectivity index is 0.757. The number of aryl methyl sites for hydroxylation is 2. The second kappa shape index (κ2) is 33.7. The van der Waals surface area contributed by atoms with E-state index in [0.717, 1.165) is 12.8 Å². The van der Waals surface area contributed by atoms with Gasteiger partial charge in [0, 0.05) is 62.7 Å². The van der Waals surface area contributed by atoms with E-state index in [2.05, 4.69) is 20.6 Å². The molecule has 8 aliphatic rings. The average Bonchev–Trinajstić information content (AvgIpc) is 1.55. The molecule has 0 spiro atoms. The molecule has 0 radical (unpaired) electrons. The smallest absolute Gasteiger partial charge is 0.187 e. The van der Waals surface area contributed by atoms with Crippen LogP contribution in [0.2, 0.25) is 0 Å². The SMILES string of the molecule is NCC1O[C@@H](OC2C(N)C[C@@H](N)C(O)[C@H]2O[C@@H]2O[C@H](Cn3cc(CCCCCCc4cn(C[C@H]5O[C@@H](O[C@H]6C(O[C@@H]7OC(CN)C(O)[C@H](O)C7N)C(N)C[C@@H](N)C6O)[C@@H](O)C5O[C@H]5O[C@@H](CN)C(O)C(O)C5N)nn4)nn3)C(O[C@H]3O[C@@H](CN)C(O)C(O)C3N)[C@@H]2O)C(N)[C@@H](O)C1O. The first-order valence-electron chi connectivity index (χ1n) is 33.3. The number of hydrogen-bond acceptors (Lipinski definition) is 40. The minimum Gasteiger partial charge on any atom is -0.389 e. The molecule has 10 rings (SSSR count). The maximum Gasteiger partial charge on any atom is 0.187 e. The number of rotatable bonds is 27. The van der Waals surface area contributed by atoms with E-state index in [4.69, 9.17) is 126 Å². The van der Waals surface area contributed by atoms with Gasteiger partial charge in [-0.1, -0.05) is 23.3 Å². The van der Waals surface area contributed by atoms with Crippen LogP contribution in [0.15, 0.2) is 12.4 Å². The molecule has 42 heteroatoms. The van der Waals surface area contributed by atoms with Gasteiger partial charge in [0.15, 0.2) is 37.7 Å². The van der Waals surface area contributed by atoms with E-state index < -0.39 is 233 Å². The summed E-state index contributed by atoms with van der Waals surface area (Å²) in [6, 6.07) is -9.02. The van der Waals surface area contributed by atoms with Gasteiger partial charge in [0.25, 0.3) is 0 Å². The number of hydrogen-bond donors (Lipinski definition) is 24. The number of ether oxygens (including phenoxy) is 12. The van der Waals surface area contributed by atoms with Crippen LogP contribution in [0.1, 0.15) is 49.9 Å². The van der Waals surface area contributed by atoms with Crippen LogP contribution in [0.5, 0.6) is 0 Å². The number of nitrogens with zero attached hydrogens (tertiary/aromatic N) is 6. The maximum absolute atomic E-state index is 12.0. The summed E-state index contributed by atoms with van der Waals surface area (Å²) in [5.74, 6) is 0. The van der Waals surface area contributed by atoms with E-state index in [1.165, 1.54) is 9.36 Å². The van der Waals surface area contributed by atoms with Gasteiger partial charge >= 0.3 is 0 Å². The summed E-state index contributed by atoms with van der Waals surface area (Å²) in [6.07, 6.45) is -34.4. The van der Waals surface area contributed by atoms with Crippen molar-refractivity contribution in [3.8, 4) is 0 Å². The lowest BCUT2D eigenvalue weighted by Crippen LogP contribution is -2.68. The second-order valence-corrected chi connectivity index (χ2v) is 26.9. The zero-order valence-electron chi connectivity index (χ0n) is 53.9. The second-order valence-electron chi connectivity index (χ2n) is 26.9. The fraction of sp³-hybridized carbons (Fsp3) is 0.929. The van der Waals surface area contributed by atoms with Crippen molar-refractivity contribution in [2.24, 2.45) is 68.8 Å². The molecule has 6 saturated heterocycles. The molecule has 6 aliphatic heterocycles. The molecule has 8 fully saturated rings. The van der Waals surface area contributed by atoms with Gasteiger partial charge in [-0.15, -0.1) is 10.2 Å². The van der Waals surface area contributed by atoms with Gasteiger partial charge in [-0.25, -0.2) is 9.36 Å². The van der Waals surface area contributed by atoms with Gasteiger partial charge in [-0.2, -0.15) is 0 Å². The van der Waals surface area contributed by atoms with Crippen LogP contribution < -0.4 is 68.8 Å². The summed E-state index contributed by atoms with van der Waals surface area (Å²) in [7, 11) is 0. The third kappa shape index (κ3) is 16.8. The van der Waals surface area contributed by atoms with Crippen LogP contribution in [-0.2, 0) is 82.8 Å². The van der Waals surface area contributed by atoms with Crippen molar-refractivity contribution < 1.29 is 118 Å². The molecule has 2 saturated carbocycles. The highest BCUT2D eigenvalue weighted by Crippen LogP contribution is 2.38. The van der Waals surface area contributed by atoms with Crippen molar-refractivity contribution in [3.63, 3.8) is 0 Å². The first kappa shape index (κ1) is 77.5. The molecule has 0 aromatic carbocycles. The lowest BCUT2D eigenvalue weighted by atomic mass is 9.84. The Morgan fingerprint density at radius 2 is 0.602 bits per heavy atom. The quantitative estimate of drug-likeness (QED) is 0.0369. The van der Waals surface area contributed by atoms with Crippen LogP contribution in [0, 0.1) is 0 Å². The minimum absolute atomic E-state index is 0.0316. The fourth-order valence-corrected chi connectivity index (χ4v) is 13.9. The number of unbranched alkanes of at least 4 members (excludes halogenated alkanes) is 3. The Morgan fingerprint density at radius 1 is 0.327 bits per heavy atom. The molecule has 8 heterocycles. The van der Waals surface area contributed by atoms with Gasteiger partial charge in [0.1, 0.15) is 134 Å². The van der Waals surface area contributed by atoms with E-state index in [9.17, 15) is 61.3 Å². The van der Waals surface area contributed by atoms with Gasteiger partial charge in [-0.3, -0.25) is 0 Å². The van der Waals surface area contributed by atoms with Crippen molar-refractivity contribution in [2.75, 3.05) is 26.2 Å². The molecule has 42 nitrogen and oxygen atoms in total. The zero-order chi connectivity index (χ0) is 70.9. The summed E-state index contributed by atoms with van der Waals surface area (Å²) < 4.78 is 76.6. The topological polar surface area (TPSA) is 727 Å². The average molecular weight is 1410 g/mol. The van der Waals surface area contributed by atoms with Crippen molar-refractivity contribution >= 4 is 0 Å². The van der Waals surface area contributed by atoms with Gasteiger partial charge in [0.05, 0.1) is 60.9 Å². The van der Waals surface area contributed by atoms with Gasteiger partial charge in [0.2, 0.25) is 0 Å². The molecule has 98 heavy (non-hydrogen) atoms. The van der Waals surface area contributed by atoms with Crippen LogP contribution in [-0.4, -0.2) is 350 Å². The summed E-state index contributed by atoms with van der Waals surface area (Å²) in [4.78, 5) is 0. The summed E-state index contributed by atoms with van der Waals surface area (Å²) >= 11 is 0. The summed E-state index contributed by atoms with van der Waals surface area (Å²) in [5, 5.41) is 150. The zero-order valence-corrected chi connectivity index (χ0v) is 53.9. The predicted molar refractivity (Wildman–Crippen MR) is 328 cm³/mol. The highest BCUT2D eigenvalue weighted by Gasteiger charge is 2.58. The van der Waals surface area contributed by atoms with Crippen LogP contribution in [0.4, 0.5) is 0 Å². The van der Waals surface area contributed by atoms with Crippen molar-refractivity contribution in [1.82, 2.24) is 30.0 Å². The standard InChI is InChI=1S/C56H104N18O24/c57-9-23-35(77)39(81)29(65)51(87-23)93-45-21(63)7-19(61)33(75)49(45)97-55-43(85)47(95-53-31(67)41(83)37(79)25(11-59)89-53)27(91-55)15-73-13-17(69-71-73)5-3-1-2-4-6-18-14-74(72-70-18)16-28-48(96-54-32(68)42(84)38(80)26(12-60)90-54)44(86)56(92-28)98-50-34(76)20(62)8-22(64)46(50)94-52-30(66)40(82)36(78)24(10-58)88-52/h13-14,19-56,75-86H,1-12,15-16,57-68H2/t19-,20-,21?,22?,23?,24?,25+,26+,27-,28-,29?,30?,31?,32?,33?,34?,35?,36?,37?,38?,39-,40-,41?,42?,43+,44+,45?,46?,47?,48?,49-,50-,51+,52+,53-,54-,55+,56+/m1/s1. The minimum atomic E-state index is -1.68. The van der Waals surface area contributed by atoms with Crippen molar-refractivity contribution in [3.05, 3.63) is 23.8 Å². The number of aromatic nitrogens is 6.